The minimum Gasteiger partial charge on any atom is -0.457 e. The summed E-state index contributed by atoms with van der Waals surface area (Å²) >= 11 is 5.12. The maximum absolute atomic E-state index is 13.6. The van der Waals surface area contributed by atoms with Crippen LogP contribution in [0.1, 0.15) is 24.1 Å². The third-order valence-electron chi connectivity index (χ3n) is 3.98. The molecular weight excluding hydrogens is 358 g/mol. The monoisotopic (exact) mass is 374 g/mol. The van der Waals surface area contributed by atoms with Gasteiger partial charge in [-0.3, -0.25) is 0 Å². The predicted molar refractivity (Wildman–Crippen MR) is 96.9 cm³/mol. The number of benzene rings is 2. The van der Waals surface area contributed by atoms with Crippen LogP contribution in [-0.2, 0) is 16.1 Å². The van der Waals surface area contributed by atoms with Crippen LogP contribution < -0.4 is 10.6 Å². The summed E-state index contributed by atoms with van der Waals surface area (Å²) in [7, 11) is 0. The summed E-state index contributed by atoms with van der Waals surface area (Å²) in [6.45, 7) is 1.78. The number of thiocarbonyl (C=S) groups is 1. The van der Waals surface area contributed by atoms with Crippen LogP contribution in [0.3, 0.4) is 0 Å². The van der Waals surface area contributed by atoms with Gasteiger partial charge in [0, 0.05) is 5.70 Å². The molecule has 0 saturated heterocycles. The second-order valence-electron chi connectivity index (χ2n) is 5.81. The van der Waals surface area contributed by atoms with E-state index >= 15 is 0 Å². The molecule has 1 aliphatic heterocycles. The molecule has 3 rings (SSSR count). The van der Waals surface area contributed by atoms with Crippen LogP contribution in [0.2, 0.25) is 0 Å². The molecule has 1 heterocycles. The van der Waals surface area contributed by atoms with Crippen molar-refractivity contribution in [3.63, 3.8) is 0 Å². The molecule has 26 heavy (non-hydrogen) atoms. The molecule has 4 nitrogen and oxygen atoms in total. The number of halogens is 2. The zero-order chi connectivity index (χ0) is 18.7. The van der Waals surface area contributed by atoms with Crippen molar-refractivity contribution in [1.29, 1.82) is 0 Å². The quantitative estimate of drug-likeness (QED) is 0.634. The Balaban J connectivity index is 1.87. The van der Waals surface area contributed by atoms with Gasteiger partial charge in [-0.05, 0) is 42.4 Å². The first kappa shape index (κ1) is 18.0. The molecule has 2 aromatic carbocycles. The Kier molecular flexibility index (Phi) is 5.27. The lowest BCUT2D eigenvalue weighted by Crippen LogP contribution is -2.45. The number of nitrogens with one attached hydrogen (secondary N) is 2. The Morgan fingerprint density at radius 2 is 1.88 bits per heavy atom. The first-order chi connectivity index (χ1) is 12.5. The largest absolute Gasteiger partial charge is 0.457 e. The zero-order valence-electron chi connectivity index (χ0n) is 13.9. The molecule has 0 unspecified atom stereocenters. The van der Waals surface area contributed by atoms with Crippen LogP contribution in [0.4, 0.5) is 8.78 Å². The first-order valence-corrected chi connectivity index (χ1v) is 8.31. The smallest absolute Gasteiger partial charge is 0.338 e. The third kappa shape index (κ3) is 3.88. The molecule has 0 radical (unpaired) electrons. The summed E-state index contributed by atoms with van der Waals surface area (Å²) in [5.74, 6) is -2.52. The summed E-state index contributed by atoms with van der Waals surface area (Å²) in [5.41, 5.74) is 1.98. The second-order valence-corrected chi connectivity index (χ2v) is 6.21. The minimum atomic E-state index is -0.997. The average Bonchev–Trinajstić information content (AvgIpc) is 2.62. The highest BCUT2D eigenvalue weighted by atomic mass is 32.1. The molecule has 0 bridgehead atoms. The fraction of sp³-hybridized carbons (Fsp3) is 0.158. The van der Waals surface area contributed by atoms with Crippen molar-refractivity contribution >= 4 is 23.3 Å². The molecule has 2 aromatic rings. The lowest BCUT2D eigenvalue weighted by molar-refractivity contribution is -0.140. The van der Waals surface area contributed by atoms with Gasteiger partial charge in [0.15, 0.2) is 16.7 Å². The van der Waals surface area contributed by atoms with Gasteiger partial charge in [-0.1, -0.05) is 36.4 Å². The van der Waals surface area contributed by atoms with E-state index in [0.29, 0.717) is 11.3 Å². The van der Waals surface area contributed by atoms with Gasteiger partial charge in [-0.15, -0.1) is 0 Å². The molecule has 1 atom stereocenters. The van der Waals surface area contributed by atoms with Crippen LogP contribution in [0.5, 0.6) is 0 Å². The van der Waals surface area contributed by atoms with Gasteiger partial charge >= 0.3 is 5.97 Å². The molecule has 0 fully saturated rings. The topological polar surface area (TPSA) is 50.4 Å². The molecule has 0 aliphatic carbocycles. The predicted octanol–water partition coefficient (Wildman–Crippen LogP) is 3.50. The molecule has 0 spiro atoms. The number of carbonyl (C=O) groups excluding carboxylic acids is 1. The Morgan fingerprint density at radius 3 is 2.58 bits per heavy atom. The summed E-state index contributed by atoms with van der Waals surface area (Å²) in [6, 6.07) is 12.0. The molecule has 0 amide bonds. The van der Waals surface area contributed by atoms with Crippen molar-refractivity contribution < 1.29 is 18.3 Å². The van der Waals surface area contributed by atoms with E-state index in [0.717, 1.165) is 17.7 Å². The maximum atomic E-state index is 13.6. The molecule has 134 valence electrons. The number of hydrogen-bond acceptors (Lipinski definition) is 3. The van der Waals surface area contributed by atoms with E-state index in [4.69, 9.17) is 17.0 Å². The number of ether oxygens (including phenoxy) is 1. The number of carbonyl (C=O) groups is 1. The van der Waals surface area contributed by atoms with Gasteiger partial charge in [0.1, 0.15) is 6.61 Å². The van der Waals surface area contributed by atoms with Gasteiger partial charge in [0.05, 0.1) is 11.6 Å². The van der Waals surface area contributed by atoms with E-state index in [2.05, 4.69) is 10.6 Å². The van der Waals surface area contributed by atoms with Crippen LogP contribution in [0.25, 0.3) is 0 Å². The van der Waals surface area contributed by atoms with Gasteiger partial charge in [-0.25, -0.2) is 13.6 Å². The van der Waals surface area contributed by atoms with Crippen molar-refractivity contribution in [2.75, 3.05) is 0 Å². The zero-order valence-corrected chi connectivity index (χ0v) is 14.7. The van der Waals surface area contributed by atoms with E-state index in [1.807, 2.05) is 30.3 Å². The Labute approximate surface area is 154 Å². The van der Waals surface area contributed by atoms with Crippen molar-refractivity contribution in [3.05, 3.63) is 82.6 Å². The van der Waals surface area contributed by atoms with Gasteiger partial charge in [0.25, 0.3) is 0 Å². The molecule has 0 saturated carbocycles. The average molecular weight is 374 g/mol. The highest BCUT2D eigenvalue weighted by Gasteiger charge is 2.31. The summed E-state index contributed by atoms with van der Waals surface area (Å²) in [5, 5.41) is 6.07. The van der Waals surface area contributed by atoms with Gasteiger partial charge < -0.3 is 15.4 Å². The van der Waals surface area contributed by atoms with Gasteiger partial charge in [0.2, 0.25) is 0 Å². The summed E-state index contributed by atoms with van der Waals surface area (Å²) in [6.07, 6.45) is 0. The van der Waals surface area contributed by atoms with Gasteiger partial charge in [-0.2, -0.15) is 0 Å². The lowest BCUT2D eigenvalue weighted by atomic mass is 9.95. The third-order valence-corrected chi connectivity index (χ3v) is 4.20. The van der Waals surface area contributed by atoms with E-state index in [1.165, 1.54) is 6.07 Å². The minimum absolute atomic E-state index is 0.103. The number of allylic oxidation sites excluding steroid dienone is 1. The SMILES string of the molecule is CC1=C(C(=O)OCc2ccccc2)[C@@H](c2ccc(F)c(F)c2)NC(=S)N1. The number of rotatable bonds is 4. The highest BCUT2D eigenvalue weighted by Crippen LogP contribution is 2.28. The summed E-state index contributed by atoms with van der Waals surface area (Å²) in [4.78, 5) is 12.7. The fourth-order valence-electron chi connectivity index (χ4n) is 2.71. The highest BCUT2D eigenvalue weighted by molar-refractivity contribution is 7.80. The molecule has 2 N–H and O–H groups in total. The van der Waals surface area contributed by atoms with Crippen molar-refractivity contribution in [2.24, 2.45) is 0 Å². The van der Waals surface area contributed by atoms with Crippen molar-refractivity contribution in [1.82, 2.24) is 10.6 Å². The van der Waals surface area contributed by atoms with Crippen LogP contribution in [-0.4, -0.2) is 11.1 Å². The standard InChI is InChI=1S/C19H16F2N2O2S/c1-11-16(18(24)25-10-12-5-3-2-4-6-12)17(23-19(26)22-11)13-7-8-14(20)15(21)9-13/h2-9,17H,10H2,1H3,(H2,22,23,26)/t17-/m1/s1. The second kappa shape index (κ2) is 7.61. The van der Waals surface area contributed by atoms with E-state index in [1.54, 1.807) is 6.92 Å². The maximum Gasteiger partial charge on any atom is 0.338 e. The van der Waals surface area contributed by atoms with E-state index in [-0.39, 0.29) is 17.3 Å². The van der Waals surface area contributed by atoms with E-state index < -0.39 is 23.6 Å². The number of esters is 1. The first-order valence-electron chi connectivity index (χ1n) is 7.90. The van der Waals surface area contributed by atoms with Crippen LogP contribution in [0.15, 0.2) is 59.8 Å². The van der Waals surface area contributed by atoms with Crippen LogP contribution in [0, 0.1) is 11.6 Å². The lowest BCUT2D eigenvalue weighted by Gasteiger charge is -2.30. The van der Waals surface area contributed by atoms with Crippen molar-refractivity contribution in [3.8, 4) is 0 Å². The molecule has 1 aliphatic rings. The molecular formula is C19H16F2N2O2S. The van der Waals surface area contributed by atoms with E-state index in [9.17, 15) is 13.6 Å². The molecule has 0 aromatic heterocycles. The molecule has 7 heteroatoms. The summed E-state index contributed by atoms with van der Waals surface area (Å²) < 4.78 is 32.3. The van der Waals surface area contributed by atoms with Crippen molar-refractivity contribution in [2.45, 2.75) is 19.6 Å². The Bertz CT molecular complexity index is 884. The number of hydrogen-bond donors (Lipinski definition) is 2. The van der Waals surface area contributed by atoms with Crippen LogP contribution >= 0.6 is 12.2 Å². The fourth-order valence-corrected chi connectivity index (χ4v) is 2.98. The Morgan fingerprint density at radius 1 is 1.15 bits per heavy atom. The normalized spacial score (nSPS) is 16.7. The Hall–Kier alpha value is -2.80.